The highest BCUT2D eigenvalue weighted by Gasteiger charge is 2.62. The summed E-state index contributed by atoms with van der Waals surface area (Å²) in [5.41, 5.74) is 1.90. The van der Waals surface area contributed by atoms with Gasteiger partial charge >= 0.3 is 0 Å². The van der Waals surface area contributed by atoms with Crippen LogP contribution in [-0.4, -0.2) is 34.9 Å². The summed E-state index contributed by atoms with van der Waals surface area (Å²) in [6.45, 7) is 8.15. The molecule has 3 N–H and O–H groups in total. The average molecular weight is 510 g/mol. The van der Waals surface area contributed by atoms with E-state index in [0.717, 1.165) is 51.5 Å². The summed E-state index contributed by atoms with van der Waals surface area (Å²) in [5.74, 6) is 3.47. The molecule has 5 rings (SSSR count). The lowest BCUT2D eigenvalue weighted by atomic mass is 9.43. The summed E-state index contributed by atoms with van der Waals surface area (Å²) < 4.78 is 0. The van der Waals surface area contributed by atoms with E-state index in [1.54, 1.807) is 0 Å². The standard InChI is InChI=1S/C33H51NO3/c1-22(11-14-30(37)34-19-7-10-23-8-5-4-6-9-23)26-12-13-27-31-28(16-18-33(26,27)3)32(2)17-15-25(35)20-24(32)21-29(31)36/h4-6,8-9,22,24-29,31,35-36H,7,10-21H2,1-3H3,(H,34,37)/t22-,24+,25-,26-,27+,28+,29+,31+,32+,33-/m1/s1. The first kappa shape index (κ1) is 27.2. The van der Waals surface area contributed by atoms with Gasteiger partial charge in [-0.2, -0.15) is 0 Å². The van der Waals surface area contributed by atoms with Gasteiger partial charge in [0, 0.05) is 13.0 Å². The number of aliphatic hydroxyl groups is 2. The van der Waals surface area contributed by atoms with E-state index in [4.69, 9.17) is 0 Å². The van der Waals surface area contributed by atoms with Crippen molar-refractivity contribution < 1.29 is 15.0 Å². The lowest BCUT2D eigenvalue weighted by Crippen LogP contribution is -2.58. The summed E-state index contributed by atoms with van der Waals surface area (Å²) in [7, 11) is 0. The van der Waals surface area contributed by atoms with Crippen molar-refractivity contribution in [2.75, 3.05) is 6.54 Å². The molecule has 4 heteroatoms. The molecular formula is C33H51NO3. The summed E-state index contributed by atoms with van der Waals surface area (Å²) in [4.78, 5) is 12.6. The van der Waals surface area contributed by atoms with Gasteiger partial charge in [-0.25, -0.2) is 0 Å². The van der Waals surface area contributed by atoms with Crippen molar-refractivity contribution in [2.24, 2.45) is 46.3 Å². The van der Waals surface area contributed by atoms with Gasteiger partial charge in [-0.1, -0.05) is 51.1 Å². The first-order valence-electron chi connectivity index (χ1n) is 15.4. The Hall–Kier alpha value is -1.39. The quantitative estimate of drug-likeness (QED) is 0.369. The van der Waals surface area contributed by atoms with Gasteiger partial charge in [-0.3, -0.25) is 4.79 Å². The molecule has 37 heavy (non-hydrogen) atoms. The van der Waals surface area contributed by atoms with Gasteiger partial charge in [-0.05, 0) is 123 Å². The maximum atomic E-state index is 12.6. The third-order valence-electron chi connectivity index (χ3n) is 12.0. The number of aryl methyl sites for hydroxylation is 1. The van der Waals surface area contributed by atoms with E-state index in [0.29, 0.717) is 41.9 Å². The second-order valence-electron chi connectivity index (χ2n) is 13.9. The van der Waals surface area contributed by atoms with Gasteiger partial charge in [0.15, 0.2) is 0 Å². The lowest BCUT2D eigenvalue weighted by molar-refractivity contribution is -0.174. The molecule has 0 radical (unpaired) electrons. The van der Waals surface area contributed by atoms with Gasteiger partial charge in [-0.15, -0.1) is 0 Å². The van der Waals surface area contributed by atoms with Gasteiger partial charge < -0.3 is 15.5 Å². The molecular weight excluding hydrogens is 458 g/mol. The van der Waals surface area contributed by atoms with Crippen LogP contribution in [-0.2, 0) is 11.2 Å². The van der Waals surface area contributed by atoms with Gasteiger partial charge in [0.05, 0.1) is 12.2 Å². The Kier molecular flexibility index (Phi) is 8.08. The van der Waals surface area contributed by atoms with Crippen LogP contribution in [0, 0.1) is 46.3 Å². The molecule has 1 amide bonds. The topological polar surface area (TPSA) is 69.6 Å². The van der Waals surface area contributed by atoms with Gasteiger partial charge in [0.1, 0.15) is 0 Å². The van der Waals surface area contributed by atoms with Crippen LogP contribution in [0.15, 0.2) is 30.3 Å². The number of aliphatic hydroxyl groups excluding tert-OH is 2. The van der Waals surface area contributed by atoms with Crippen LogP contribution in [0.1, 0.15) is 97.0 Å². The highest BCUT2D eigenvalue weighted by molar-refractivity contribution is 5.75. The van der Waals surface area contributed by atoms with Crippen molar-refractivity contribution in [1.82, 2.24) is 5.32 Å². The normalized spacial score (nSPS) is 41.8. The number of amides is 1. The summed E-state index contributed by atoms with van der Waals surface area (Å²) in [6, 6.07) is 10.5. The minimum Gasteiger partial charge on any atom is -0.393 e. The van der Waals surface area contributed by atoms with E-state index >= 15 is 0 Å². The van der Waals surface area contributed by atoms with Crippen LogP contribution < -0.4 is 5.32 Å². The minimum absolute atomic E-state index is 0.173. The van der Waals surface area contributed by atoms with Crippen LogP contribution in [0.4, 0.5) is 0 Å². The predicted octanol–water partition coefficient (Wildman–Crippen LogP) is 6.14. The van der Waals surface area contributed by atoms with Crippen LogP contribution >= 0.6 is 0 Å². The van der Waals surface area contributed by atoms with E-state index in [1.165, 1.54) is 31.2 Å². The van der Waals surface area contributed by atoms with E-state index in [1.807, 2.05) is 6.07 Å². The zero-order valence-electron chi connectivity index (χ0n) is 23.5. The largest absolute Gasteiger partial charge is 0.393 e. The number of rotatable bonds is 8. The molecule has 0 spiro atoms. The molecule has 0 heterocycles. The molecule has 0 aromatic heterocycles. The highest BCUT2D eigenvalue weighted by Crippen LogP contribution is 2.68. The van der Waals surface area contributed by atoms with Gasteiger partial charge in [0.2, 0.25) is 5.91 Å². The van der Waals surface area contributed by atoms with E-state index < -0.39 is 0 Å². The number of hydrogen-bond acceptors (Lipinski definition) is 3. The van der Waals surface area contributed by atoms with Crippen LogP contribution in [0.5, 0.6) is 0 Å². The SMILES string of the molecule is C[C@H](CCC(=O)NCCCc1ccccc1)[C@H]1CC[C@H]2[C@@H]3[C@@H](O)C[C@@H]4C[C@H](O)CC[C@]4(C)[C@H]3CC[C@]12C. The maximum absolute atomic E-state index is 12.6. The molecule has 206 valence electrons. The molecule has 4 aliphatic rings. The Morgan fingerprint density at radius 2 is 1.73 bits per heavy atom. The second kappa shape index (κ2) is 11.0. The minimum atomic E-state index is -0.214. The Labute approximate surface area is 225 Å². The van der Waals surface area contributed by atoms with Crippen LogP contribution in [0.3, 0.4) is 0 Å². The van der Waals surface area contributed by atoms with Crippen molar-refractivity contribution in [2.45, 2.75) is 110 Å². The molecule has 4 aliphatic carbocycles. The summed E-state index contributed by atoms with van der Waals surface area (Å²) in [5, 5.41) is 24.9. The molecule has 10 atom stereocenters. The smallest absolute Gasteiger partial charge is 0.220 e. The van der Waals surface area contributed by atoms with E-state index in [9.17, 15) is 15.0 Å². The number of benzene rings is 1. The molecule has 0 unspecified atom stereocenters. The molecule has 0 aliphatic heterocycles. The fourth-order valence-corrected chi connectivity index (χ4v) is 9.99. The molecule has 1 aromatic rings. The predicted molar refractivity (Wildman–Crippen MR) is 149 cm³/mol. The maximum Gasteiger partial charge on any atom is 0.220 e. The van der Waals surface area contributed by atoms with Crippen molar-refractivity contribution in [3.63, 3.8) is 0 Å². The molecule has 1 aromatic carbocycles. The molecule has 0 bridgehead atoms. The lowest BCUT2D eigenvalue weighted by Gasteiger charge is -2.62. The molecule has 4 fully saturated rings. The Bertz CT molecular complexity index is 919. The zero-order valence-corrected chi connectivity index (χ0v) is 23.5. The molecule has 0 saturated heterocycles. The Balaban J connectivity index is 1.14. The van der Waals surface area contributed by atoms with Gasteiger partial charge in [0.25, 0.3) is 0 Å². The number of fused-ring (bicyclic) bond motifs is 5. The van der Waals surface area contributed by atoms with Crippen molar-refractivity contribution in [3.8, 4) is 0 Å². The van der Waals surface area contributed by atoms with Crippen LogP contribution in [0.2, 0.25) is 0 Å². The number of carbonyl (C=O) groups is 1. The second-order valence-corrected chi connectivity index (χ2v) is 13.9. The van der Waals surface area contributed by atoms with Crippen molar-refractivity contribution in [1.29, 1.82) is 0 Å². The Morgan fingerprint density at radius 3 is 2.51 bits per heavy atom. The van der Waals surface area contributed by atoms with Crippen molar-refractivity contribution >= 4 is 5.91 Å². The molecule has 4 saturated carbocycles. The first-order chi connectivity index (χ1) is 17.7. The number of carbonyl (C=O) groups excluding carboxylic acids is 1. The summed E-state index contributed by atoms with van der Waals surface area (Å²) in [6.07, 6.45) is 12.0. The monoisotopic (exact) mass is 509 g/mol. The molecule has 4 nitrogen and oxygen atoms in total. The fourth-order valence-electron chi connectivity index (χ4n) is 9.99. The van der Waals surface area contributed by atoms with Crippen molar-refractivity contribution in [3.05, 3.63) is 35.9 Å². The Morgan fingerprint density at radius 1 is 1.00 bits per heavy atom. The summed E-state index contributed by atoms with van der Waals surface area (Å²) >= 11 is 0. The van der Waals surface area contributed by atoms with E-state index in [2.05, 4.69) is 50.4 Å². The average Bonchev–Trinajstić information content (AvgIpc) is 3.24. The number of nitrogens with one attached hydrogen (secondary N) is 1. The first-order valence-corrected chi connectivity index (χ1v) is 15.4. The number of hydrogen-bond donors (Lipinski definition) is 3. The zero-order chi connectivity index (χ0) is 26.2. The fraction of sp³-hybridized carbons (Fsp3) is 0.788. The van der Waals surface area contributed by atoms with Crippen LogP contribution in [0.25, 0.3) is 0 Å². The highest BCUT2D eigenvalue weighted by atomic mass is 16.3. The van der Waals surface area contributed by atoms with E-state index in [-0.39, 0.29) is 28.9 Å². The third kappa shape index (κ3) is 5.26. The third-order valence-corrected chi connectivity index (χ3v) is 12.0.